The molecule has 0 aromatic carbocycles. The van der Waals surface area contributed by atoms with Gasteiger partial charge >= 0.3 is 0 Å². The molecular weight excluding hydrogens is 232 g/mol. The molecule has 0 amide bonds. The highest BCUT2D eigenvalue weighted by molar-refractivity contribution is 4.88. The Bertz CT molecular complexity index is 211. The van der Waals surface area contributed by atoms with E-state index < -0.39 is 0 Å². The third kappa shape index (κ3) is 17.4. The van der Waals surface area contributed by atoms with Crippen LogP contribution in [-0.2, 0) is 5.11 Å². The molecule has 19 heavy (non-hydrogen) atoms. The van der Waals surface area contributed by atoms with Gasteiger partial charge in [0.2, 0.25) is 0 Å². The lowest BCUT2D eigenvalue weighted by Gasteiger charge is -2.02. The molecule has 1 radical (unpaired) electrons. The third-order valence-electron chi connectivity index (χ3n) is 3.73. The topological polar surface area (TPSA) is 19.9 Å². The van der Waals surface area contributed by atoms with Crippen LogP contribution in [0.25, 0.3) is 0 Å². The number of hydrogen-bond acceptors (Lipinski definition) is 0. The zero-order valence-electron chi connectivity index (χ0n) is 13.0. The van der Waals surface area contributed by atoms with Crippen LogP contribution in [0.15, 0.2) is 0 Å². The highest BCUT2D eigenvalue weighted by Crippen LogP contribution is 2.13. The first-order valence-corrected chi connectivity index (χ1v) is 8.51. The Morgan fingerprint density at radius 1 is 0.579 bits per heavy atom. The van der Waals surface area contributed by atoms with Crippen LogP contribution < -0.4 is 0 Å². The summed E-state index contributed by atoms with van der Waals surface area (Å²) in [4.78, 5) is 0. The lowest BCUT2D eigenvalue weighted by atomic mass is 10.0. The van der Waals surface area contributed by atoms with Crippen molar-refractivity contribution < 1.29 is 5.11 Å². The van der Waals surface area contributed by atoms with E-state index in [1.54, 1.807) is 6.11 Å². The van der Waals surface area contributed by atoms with Gasteiger partial charge in [-0.2, -0.15) is 0 Å². The van der Waals surface area contributed by atoms with E-state index >= 15 is 0 Å². The minimum atomic E-state index is 0.793. The average molecular weight is 265 g/mol. The van der Waals surface area contributed by atoms with Crippen LogP contribution in [0.4, 0.5) is 0 Å². The molecule has 0 aliphatic heterocycles. The Labute approximate surface area is 121 Å². The van der Waals surface area contributed by atoms with E-state index in [1.807, 2.05) is 0 Å². The van der Waals surface area contributed by atoms with E-state index in [1.165, 1.54) is 83.5 Å². The molecule has 0 fully saturated rings. The minimum absolute atomic E-state index is 0.793. The van der Waals surface area contributed by atoms with Crippen molar-refractivity contribution in [2.45, 2.75) is 103 Å². The van der Waals surface area contributed by atoms with Crippen molar-refractivity contribution in [3.8, 4) is 12.0 Å². The fourth-order valence-corrected chi connectivity index (χ4v) is 2.46. The normalized spacial score (nSPS) is 10.2. The highest BCUT2D eigenvalue weighted by atomic mass is 16.2. The maximum Gasteiger partial charge on any atom is 0.172 e. The second-order valence-electron chi connectivity index (χ2n) is 5.63. The lowest BCUT2D eigenvalue weighted by molar-refractivity contribution is 0.391. The lowest BCUT2D eigenvalue weighted by Crippen LogP contribution is -1.83. The first-order valence-electron chi connectivity index (χ1n) is 8.51. The number of unbranched alkanes of at least 4 members (excludes halogenated alkanes) is 14. The van der Waals surface area contributed by atoms with Crippen LogP contribution in [0.5, 0.6) is 0 Å². The Morgan fingerprint density at radius 3 is 1.32 bits per heavy atom. The molecule has 0 aromatic heterocycles. The van der Waals surface area contributed by atoms with Gasteiger partial charge in [-0.3, -0.25) is 0 Å². The van der Waals surface area contributed by atoms with Crippen molar-refractivity contribution in [1.29, 1.82) is 0 Å². The fraction of sp³-hybridized carbons (Fsp3) is 0.889. The van der Waals surface area contributed by atoms with Gasteiger partial charge < -0.3 is 0 Å². The molecule has 0 aliphatic carbocycles. The van der Waals surface area contributed by atoms with Gasteiger partial charge in [0.05, 0.1) is 0 Å². The van der Waals surface area contributed by atoms with Crippen molar-refractivity contribution in [3.63, 3.8) is 0 Å². The molecular formula is C18H33O. The zero-order valence-corrected chi connectivity index (χ0v) is 13.0. The van der Waals surface area contributed by atoms with E-state index in [9.17, 15) is 5.11 Å². The van der Waals surface area contributed by atoms with E-state index in [0.29, 0.717) is 0 Å². The molecule has 0 bridgehead atoms. The summed E-state index contributed by atoms with van der Waals surface area (Å²) in [6.07, 6.45) is 21.7. The second kappa shape index (κ2) is 17.4. The van der Waals surface area contributed by atoms with Crippen molar-refractivity contribution in [3.05, 3.63) is 0 Å². The summed E-state index contributed by atoms with van der Waals surface area (Å²) in [5.74, 6) is 2.59. The van der Waals surface area contributed by atoms with Gasteiger partial charge in [-0.1, -0.05) is 96.3 Å². The zero-order chi connectivity index (χ0) is 14.0. The van der Waals surface area contributed by atoms with Crippen molar-refractivity contribution in [1.82, 2.24) is 0 Å². The third-order valence-corrected chi connectivity index (χ3v) is 3.73. The summed E-state index contributed by atoms with van der Waals surface area (Å²) in [5, 5.41) is 9.90. The van der Waals surface area contributed by atoms with Gasteiger partial charge in [-0.05, 0) is 6.42 Å². The van der Waals surface area contributed by atoms with Gasteiger partial charge in [0, 0.05) is 6.42 Å². The van der Waals surface area contributed by atoms with Crippen LogP contribution in [0.3, 0.4) is 0 Å². The summed E-state index contributed by atoms with van der Waals surface area (Å²) in [5.41, 5.74) is 0. The first kappa shape index (κ1) is 18.4. The monoisotopic (exact) mass is 265 g/mol. The molecule has 0 unspecified atom stereocenters. The molecule has 1 nitrogen and oxygen atoms in total. The number of rotatable bonds is 14. The quantitative estimate of drug-likeness (QED) is 0.261. The molecule has 0 rings (SSSR count). The summed E-state index contributed by atoms with van der Waals surface area (Å²) in [7, 11) is 0. The summed E-state index contributed by atoms with van der Waals surface area (Å²) in [6.45, 7) is 2.28. The Kier molecular flexibility index (Phi) is 16.8. The van der Waals surface area contributed by atoms with Gasteiger partial charge in [-0.25, -0.2) is 5.11 Å². The molecule has 0 saturated carbocycles. The van der Waals surface area contributed by atoms with Crippen molar-refractivity contribution >= 4 is 0 Å². The summed E-state index contributed by atoms with van der Waals surface area (Å²) < 4.78 is 0. The van der Waals surface area contributed by atoms with Gasteiger partial charge in [-0.15, -0.1) is 0 Å². The maximum atomic E-state index is 9.90. The summed E-state index contributed by atoms with van der Waals surface area (Å²) >= 11 is 0. The number of hydrogen-bond donors (Lipinski definition) is 0. The molecule has 111 valence electrons. The average Bonchev–Trinajstić information content (AvgIpc) is 2.43. The Morgan fingerprint density at radius 2 is 0.947 bits per heavy atom. The predicted molar refractivity (Wildman–Crippen MR) is 83.4 cm³/mol. The molecule has 0 aromatic rings. The van der Waals surface area contributed by atoms with Crippen LogP contribution in [0, 0.1) is 12.0 Å². The standard InChI is InChI=1S/C18H33O/c1-2-3-4-5-6-7-8-9-10-11-12-13-14-15-16-17-18-19/h2-16H2,1H3. The van der Waals surface area contributed by atoms with Gasteiger partial charge in [0.25, 0.3) is 0 Å². The van der Waals surface area contributed by atoms with Crippen molar-refractivity contribution in [2.24, 2.45) is 0 Å². The van der Waals surface area contributed by atoms with E-state index in [-0.39, 0.29) is 0 Å². The molecule has 0 spiro atoms. The van der Waals surface area contributed by atoms with Crippen LogP contribution in [-0.4, -0.2) is 0 Å². The molecule has 0 saturated heterocycles. The van der Waals surface area contributed by atoms with Gasteiger partial charge in [0.15, 0.2) is 6.11 Å². The highest BCUT2D eigenvalue weighted by Gasteiger charge is 1.93. The van der Waals surface area contributed by atoms with E-state index in [4.69, 9.17) is 0 Å². The summed E-state index contributed by atoms with van der Waals surface area (Å²) in [6, 6.07) is 0. The maximum absolute atomic E-state index is 9.90. The Balaban J connectivity index is 2.92. The van der Waals surface area contributed by atoms with E-state index in [0.717, 1.165) is 12.8 Å². The largest absolute Gasteiger partial charge is 0.224 e. The minimum Gasteiger partial charge on any atom is -0.224 e. The molecule has 1 heteroatoms. The molecule has 0 N–H and O–H groups in total. The Hall–Kier alpha value is -0.640. The smallest absolute Gasteiger partial charge is 0.172 e. The second-order valence-corrected chi connectivity index (χ2v) is 5.63. The van der Waals surface area contributed by atoms with Crippen LogP contribution >= 0.6 is 0 Å². The molecule has 0 aliphatic rings. The van der Waals surface area contributed by atoms with Crippen molar-refractivity contribution in [2.75, 3.05) is 0 Å². The van der Waals surface area contributed by atoms with Crippen LogP contribution in [0.1, 0.15) is 103 Å². The van der Waals surface area contributed by atoms with Gasteiger partial charge in [0.1, 0.15) is 0 Å². The van der Waals surface area contributed by atoms with E-state index in [2.05, 4.69) is 12.8 Å². The molecule has 0 heterocycles. The first-order chi connectivity index (χ1) is 9.41. The SMILES string of the molecule is CCCCCCCCCCCCCCCCC#C[O]. The van der Waals surface area contributed by atoms with Crippen LogP contribution in [0.2, 0.25) is 0 Å². The molecule has 0 atom stereocenters. The fourth-order valence-electron chi connectivity index (χ4n) is 2.46. The predicted octanol–water partition coefficient (Wildman–Crippen LogP) is 6.25.